The summed E-state index contributed by atoms with van der Waals surface area (Å²) >= 11 is 5.77. The molecule has 1 saturated heterocycles. The summed E-state index contributed by atoms with van der Waals surface area (Å²) in [5.41, 5.74) is 0.430. The first-order valence-corrected chi connectivity index (χ1v) is 8.36. The zero-order valence-corrected chi connectivity index (χ0v) is 14.9. The number of likely N-dealkylation sites (tertiary alicyclic amines) is 1. The highest BCUT2D eigenvalue weighted by Crippen LogP contribution is 2.30. The molecule has 1 unspecified atom stereocenters. The van der Waals surface area contributed by atoms with Crippen LogP contribution in [0.25, 0.3) is 0 Å². The standard InChI is InChI=1S/C17H23ClN2O4/c1-11(18)16(21)19-12-7-9-20(10-8-12)17(22)15-13(23-2)5-4-6-14(15)24-3/h4-6,11-12H,7-10H2,1-3H3,(H,19,21). The maximum Gasteiger partial charge on any atom is 0.261 e. The number of carbonyl (C=O) groups excluding carboxylic acids is 2. The van der Waals surface area contributed by atoms with Gasteiger partial charge < -0.3 is 19.7 Å². The summed E-state index contributed by atoms with van der Waals surface area (Å²) in [7, 11) is 3.06. The molecule has 1 aromatic rings. The van der Waals surface area contributed by atoms with Crippen molar-refractivity contribution in [3.8, 4) is 11.5 Å². The van der Waals surface area contributed by atoms with Gasteiger partial charge in [0.25, 0.3) is 5.91 Å². The SMILES string of the molecule is COc1cccc(OC)c1C(=O)N1CCC(NC(=O)C(C)Cl)CC1. The molecule has 1 aromatic carbocycles. The van der Waals surface area contributed by atoms with Crippen molar-refractivity contribution < 1.29 is 19.1 Å². The van der Waals surface area contributed by atoms with Crippen LogP contribution in [0, 0.1) is 0 Å². The number of halogens is 1. The Morgan fingerprint density at radius 3 is 2.21 bits per heavy atom. The van der Waals surface area contributed by atoms with Gasteiger partial charge in [0, 0.05) is 19.1 Å². The Hall–Kier alpha value is -1.95. The van der Waals surface area contributed by atoms with E-state index in [9.17, 15) is 9.59 Å². The van der Waals surface area contributed by atoms with Crippen LogP contribution in [-0.4, -0.2) is 55.4 Å². The topological polar surface area (TPSA) is 67.9 Å². The van der Waals surface area contributed by atoms with Crippen molar-refractivity contribution in [3.63, 3.8) is 0 Å². The quantitative estimate of drug-likeness (QED) is 0.822. The van der Waals surface area contributed by atoms with Crippen LogP contribution in [0.3, 0.4) is 0 Å². The third-order valence-electron chi connectivity index (χ3n) is 4.13. The maximum absolute atomic E-state index is 12.9. The smallest absolute Gasteiger partial charge is 0.261 e. The molecule has 0 aliphatic carbocycles. The average Bonchev–Trinajstić information content (AvgIpc) is 2.60. The van der Waals surface area contributed by atoms with Gasteiger partial charge in [-0.3, -0.25) is 9.59 Å². The second-order valence-electron chi connectivity index (χ2n) is 5.73. The first kappa shape index (κ1) is 18.4. The number of carbonyl (C=O) groups is 2. The molecule has 0 saturated carbocycles. The summed E-state index contributed by atoms with van der Waals surface area (Å²) in [6.45, 7) is 2.76. The number of hydrogen-bond acceptors (Lipinski definition) is 4. The highest BCUT2D eigenvalue weighted by atomic mass is 35.5. The third-order valence-corrected chi connectivity index (χ3v) is 4.33. The zero-order chi connectivity index (χ0) is 17.7. The number of nitrogens with one attached hydrogen (secondary N) is 1. The minimum absolute atomic E-state index is 0.0438. The van der Waals surface area contributed by atoms with E-state index in [1.54, 1.807) is 30.0 Å². The molecule has 0 bridgehead atoms. The second-order valence-corrected chi connectivity index (χ2v) is 6.38. The van der Waals surface area contributed by atoms with E-state index in [4.69, 9.17) is 21.1 Å². The number of amides is 2. The molecule has 2 rings (SSSR count). The lowest BCUT2D eigenvalue weighted by Crippen LogP contribution is -2.47. The fraction of sp³-hybridized carbons (Fsp3) is 0.529. The first-order chi connectivity index (χ1) is 11.5. The van der Waals surface area contributed by atoms with Gasteiger partial charge in [-0.05, 0) is 31.9 Å². The van der Waals surface area contributed by atoms with Gasteiger partial charge in [0.2, 0.25) is 5.91 Å². The van der Waals surface area contributed by atoms with Crippen LogP contribution in [-0.2, 0) is 4.79 Å². The fourth-order valence-electron chi connectivity index (χ4n) is 2.76. The number of ether oxygens (including phenoxy) is 2. The lowest BCUT2D eigenvalue weighted by Gasteiger charge is -2.33. The van der Waals surface area contributed by atoms with Crippen LogP contribution in [0.2, 0.25) is 0 Å². The molecular weight excluding hydrogens is 332 g/mol. The lowest BCUT2D eigenvalue weighted by molar-refractivity contribution is -0.121. The Kier molecular flexibility index (Phi) is 6.31. The molecule has 0 radical (unpaired) electrons. The van der Waals surface area contributed by atoms with E-state index in [1.807, 2.05) is 0 Å². The van der Waals surface area contributed by atoms with E-state index in [1.165, 1.54) is 14.2 Å². The van der Waals surface area contributed by atoms with Gasteiger partial charge in [-0.1, -0.05) is 6.07 Å². The van der Waals surface area contributed by atoms with E-state index < -0.39 is 5.38 Å². The molecule has 1 aliphatic heterocycles. The third kappa shape index (κ3) is 4.12. The van der Waals surface area contributed by atoms with Crippen LogP contribution in [0.4, 0.5) is 0 Å². The highest BCUT2D eigenvalue weighted by molar-refractivity contribution is 6.30. The van der Waals surface area contributed by atoms with Crippen LogP contribution in [0.5, 0.6) is 11.5 Å². The molecule has 6 nitrogen and oxygen atoms in total. The molecule has 132 valence electrons. The normalized spacial score (nSPS) is 16.4. The number of methoxy groups -OCH3 is 2. The molecule has 1 atom stereocenters. The Balaban J connectivity index is 2.05. The van der Waals surface area contributed by atoms with Gasteiger partial charge in [0.05, 0.1) is 14.2 Å². The summed E-state index contributed by atoms with van der Waals surface area (Å²) < 4.78 is 10.6. The van der Waals surface area contributed by atoms with Crippen molar-refractivity contribution in [2.75, 3.05) is 27.3 Å². The lowest BCUT2D eigenvalue weighted by atomic mass is 10.0. The molecule has 0 aromatic heterocycles. The van der Waals surface area contributed by atoms with Crippen molar-refractivity contribution in [2.45, 2.75) is 31.2 Å². The molecule has 1 fully saturated rings. The van der Waals surface area contributed by atoms with Crippen molar-refractivity contribution in [1.29, 1.82) is 0 Å². The van der Waals surface area contributed by atoms with Crippen LogP contribution >= 0.6 is 11.6 Å². The van der Waals surface area contributed by atoms with Crippen LogP contribution in [0.1, 0.15) is 30.1 Å². The van der Waals surface area contributed by atoms with Crippen molar-refractivity contribution >= 4 is 23.4 Å². The summed E-state index contributed by atoms with van der Waals surface area (Å²) in [4.78, 5) is 26.3. The number of hydrogen-bond donors (Lipinski definition) is 1. The summed E-state index contributed by atoms with van der Waals surface area (Å²) in [6.07, 6.45) is 1.39. The summed E-state index contributed by atoms with van der Waals surface area (Å²) in [6, 6.07) is 5.31. The number of alkyl halides is 1. The zero-order valence-electron chi connectivity index (χ0n) is 14.2. The average molecular weight is 355 g/mol. The summed E-state index contributed by atoms with van der Waals surface area (Å²) in [5.74, 6) is 0.684. The number of nitrogens with zero attached hydrogens (tertiary/aromatic N) is 1. The Morgan fingerprint density at radius 1 is 1.21 bits per heavy atom. The maximum atomic E-state index is 12.9. The van der Waals surface area contributed by atoms with Gasteiger partial charge in [-0.25, -0.2) is 0 Å². The predicted octanol–water partition coefficient (Wildman–Crippen LogP) is 2.05. The van der Waals surface area contributed by atoms with E-state index in [2.05, 4.69) is 5.32 Å². The molecule has 1 N–H and O–H groups in total. The van der Waals surface area contributed by atoms with Gasteiger partial charge in [0.15, 0.2) is 0 Å². The van der Waals surface area contributed by atoms with E-state index in [-0.39, 0.29) is 17.9 Å². The molecule has 2 amide bonds. The first-order valence-electron chi connectivity index (χ1n) is 7.92. The number of rotatable bonds is 5. The summed E-state index contributed by atoms with van der Waals surface area (Å²) in [5, 5.41) is 2.35. The molecule has 1 aliphatic rings. The van der Waals surface area contributed by atoms with Gasteiger partial charge in [0.1, 0.15) is 22.4 Å². The minimum atomic E-state index is -0.553. The van der Waals surface area contributed by atoms with Crippen molar-refractivity contribution in [1.82, 2.24) is 10.2 Å². The second kappa shape index (κ2) is 8.24. The number of piperidine rings is 1. The van der Waals surface area contributed by atoms with E-state index >= 15 is 0 Å². The largest absolute Gasteiger partial charge is 0.496 e. The van der Waals surface area contributed by atoms with Crippen molar-refractivity contribution in [3.05, 3.63) is 23.8 Å². The number of benzene rings is 1. The molecule has 24 heavy (non-hydrogen) atoms. The monoisotopic (exact) mass is 354 g/mol. The molecular formula is C17H23ClN2O4. The molecule has 7 heteroatoms. The van der Waals surface area contributed by atoms with Gasteiger partial charge in [-0.15, -0.1) is 11.6 Å². The molecule has 1 heterocycles. The Labute approximate surface area is 147 Å². The predicted molar refractivity (Wildman–Crippen MR) is 91.9 cm³/mol. The Bertz CT molecular complexity index is 576. The highest BCUT2D eigenvalue weighted by Gasteiger charge is 2.28. The van der Waals surface area contributed by atoms with Crippen molar-refractivity contribution in [2.24, 2.45) is 0 Å². The van der Waals surface area contributed by atoms with Crippen LogP contribution < -0.4 is 14.8 Å². The fourth-order valence-corrected chi connectivity index (χ4v) is 2.83. The molecule has 0 spiro atoms. The van der Waals surface area contributed by atoms with E-state index in [0.717, 1.165) is 0 Å². The van der Waals surface area contributed by atoms with Gasteiger partial charge >= 0.3 is 0 Å². The van der Waals surface area contributed by atoms with Gasteiger partial charge in [-0.2, -0.15) is 0 Å². The Morgan fingerprint density at radius 2 is 1.75 bits per heavy atom. The van der Waals surface area contributed by atoms with Crippen LogP contribution in [0.15, 0.2) is 18.2 Å². The minimum Gasteiger partial charge on any atom is -0.496 e. The van der Waals surface area contributed by atoms with E-state index in [0.29, 0.717) is 43.0 Å².